The van der Waals surface area contributed by atoms with E-state index in [0.717, 1.165) is 19.3 Å². The lowest BCUT2D eigenvalue weighted by Crippen LogP contribution is -2.35. The van der Waals surface area contributed by atoms with Crippen LogP contribution in [0.4, 0.5) is 18.9 Å². The zero-order valence-corrected chi connectivity index (χ0v) is 12.7. The van der Waals surface area contributed by atoms with Gasteiger partial charge in [-0.2, -0.15) is 13.2 Å². The minimum absolute atomic E-state index is 0.0271. The summed E-state index contributed by atoms with van der Waals surface area (Å²) in [6.07, 6.45) is -0.232. The van der Waals surface area contributed by atoms with Gasteiger partial charge in [0.15, 0.2) is 6.61 Å². The minimum atomic E-state index is -4.39. The van der Waals surface area contributed by atoms with Gasteiger partial charge in [0.2, 0.25) is 5.91 Å². The molecule has 0 aliphatic heterocycles. The van der Waals surface area contributed by atoms with E-state index in [-0.39, 0.29) is 18.1 Å². The number of carbonyl (C=O) groups is 1. The minimum Gasteiger partial charge on any atom is -0.484 e. The second-order valence-electron chi connectivity index (χ2n) is 5.94. The van der Waals surface area contributed by atoms with E-state index < -0.39 is 18.4 Å². The van der Waals surface area contributed by atoms with Crippen molar-refractivity contribution in [2.75, 3.05) is 11.9 Å². The highest BCUT2D eigenvalue weighted by Crippen LogP contribution is 2.31. The van der Waals surface area contributed by atoms with E-state index in [1.165, 1.54) is 24.3 Å². The van der Waals surface area contributed by atoms with Gasteiger partial charge < -0.3 is 15.2 Å². The van der Waals surface area contributed by atoms with Crippen LogP contribution >= 0.6 is 0 Å². The Hall–Kier alpha value is -1.76. The molecule has 1 aromatic carbocycles. The molecule has 23 heavy (non-hydrogen) atoms. The number of hydrogen-bond donors (Lipinski definition) is 2. The molecule has 1 aliphatic carbocycles. The van der Waals surface area contributed by atoms with Crippen LogP contribution in [-0.2, 0) is 4.79 Å². The maximum absolute atomic E-state index is 12.0. The lowest BCUT2D eigenvalue weighted by molar-refractivity contribution is -0.153. The number of rotatable bonds is 5. The highest BCUT2D eigenvalue weighted by atomic mass is 19.4. The van der Waals surface area contributed by atoms with E-state index in [0.29, 0.717) is 18.5 Å². The van der Waals surface area contributed by atoms with Gasteiger partial charge in [0.05, 0.1) is 12.0 Å². The molecule has 1 aliphatic rings. The first-order chi connectivity index (χ1) is 10.8. The Balaban J connectivity index is 1.84. The number of hydrogen-bond acceptors (Lipinski definition) is 3. The smallest absolute Gasteiger partial charge is 0.422 e. The second-order valence-corrected chi connectivity index (χ2v) is 5.94. The second kappa shape index (κ2) is 7.21. The highest BCUT2D eigenvalue weighted by Gasteiger charge is 2.31. The van der Waals surface area contributed by atoms with Gasteiger partial charge in [0.1, 0.15) is 5.75 Å². The molecule has 0 spiro atoms. The summed E-state index contributed by atoms with van der Waals surface area (Å²) in [6.45, 7) is -1.36. The first-order valence-electron chi connectivity index (χ1n) is 7.58. The molecule has 0 unspecified atom stereocenters. The van der Waals surface area contributed by atoms with Crippen molar-refractivity contribution in [3.05, 3.63) is 24.3 Å². The molecule has 0 bridgehead atoms. The number of ether oxygens (including phenoxy) is 1. The fraction of sp³-hybridized carbons (Fsp3) is 0.562. The first kappa shape index (κ1) is 17.6. The molecule has 0 aromatic heterocycles. The largest absolute Gasteiger partial charge is 0.484 e. The molecule has 1 aromatic rings. The van der Waals surface area contributed by atoms with Gasteiger partial charge in [0, 0.05) is 5.69 Å². The third-order valence-corrected chi connectivity index (χ3v) is 3.81. The summed E-state index contributed by atoms with van der Waals surface area (Å²) in [7, 11) is 0. The zero-order valence-electron chi connectivity index (χ0n) is 12.7. The molecule has 1 saturated carbocycles. The average Bonchev–Trinajstić information content (AvgIpc) is 2.46. The van der Waals surface area contributed by atoms with E-state index in [1.54, 1.807) is 0 Å². The lowest BCUT2D eigenvalue weighted by Gasteiger charge is -2.31. The van der Waals surface area contributed by atoms with E-state index in [4.69, 9.17) is 0 Å². The van der Waals surface area contributed by atoms with Crippen molar-refractivity contribution in [2.45, 2.75) is 50.3 Å². The summed E-state index contributed by atoms with van der Waals surface area (Å²) >= 11 is 0. The summed E-state index contributed by atoms with van der Waals surface area (Å²) in [5.74, 6) is -0.232. The molecule has 0 heterocycles. The Labute approximate surface area is 132 Å². The maximum atomic E-state index is 12.0. The van der Waals surface area contributed by atoms with Crippen LogP contribution in [0.3, 0.4) is 0 Å². The summed E-state index contributed by atoms with van der Waals surface area (Å²) in [6, 6.07) is 5.65. The van der Waals surface area contributed by atoms with Crippen LogP contribution in [0.5, 0.6) is 5.75 Å². The molecule has 128 valence electrons. The first-order valence-corrected chi connectivity index (χ1v) is 7.58. The van der Waals surface area contributed by atoms with Gasteiger partial charge >= 0.3 is 6.18 Å². The van der Waals surface area contributed by atoms with Crippen LogP contribution < -0.4 is 10.1 Å². The molecule has 0 radical (unpaired) electrons. The van der Waals surface area contributed by atoms with Crippen LogP contribution in [0.25, 0.3) is 0 Å². The van der Waals surface area contributed by atoms with Gasteiger partial charge in [0.25, 0.3) is 0 Å². The Morgan fingerprint density at radius 1 is 1.17 bits per heavy atom. The van der Waals surface area contributed by atoms with E-state index >= 15 is 0 Å². The van der Waals surface area contributed by atoms with Crippen LogP contribution in [0.1, 0.15) is 38.5 Å². The quantitative estimate of drug-likeness (QED) is 0.866. The fourth-order valence-corrected chi connectivity index (χ4v) is 2.69. The van der Waals surface area contributed by atoms with E-state index in [1.807, 2.05) is 0 Å². The summed E-state index contributed by atoms with van der Waals surface area (Å²) < 4.78 is 40.7. The molecular formula is C16H20F3NO3. The third kappa shape index (κ3) is 6.09. The van der Waals surface area contributed by atoms with Crippen molar-refractivity contribution < 1.29 is 27.8 Å². The van der Waals surface area contributed by atoms with Gasteiger partial charge in [-0.3, -0.25) is 4.79 Å². The Kier molecular flexibility index (Phi) is 5.51. The van der Waals surface area contributed by atoms with Gasteiger partial charge in [-0.15, -0.1) is 0 Å². The molecule has 0 atom stereocenters. The van der Waals surface area contributed by atoms with Crippen LogP contribution in [0, 0.1) is 0 Å². The van der Waals surface area contributed by atoms with Crippen molar-refractivity contribution in [3.8, 4) is 5.75 Å². The molecular weight excluding hydrogens is 311 g/mol. The monoisotopic (exact) mass is 331 g/mol. The number of aliphatic hydroxyl groups is 1. The van der Waals surface area contributed by atoms with E-state index in [2.05, 4.69) is 10.1 Å². The van der Waals surface area contributed by atoms with E-state index in [9.17, 15) is 23.1 Å². The number of anilines is 1. The number of amides is 1. The fourth-order valence-electron chi connectivity index (χ4n) is 2.69. The third-order valence-electron chi connectivity index (χ3n) is 3.81. The van der Waals surface area contributed by atoms with Gasteiger partial charge in [-0.25, -0.2) is 0 Å². The average molecular weight is 331 g/mol. The van der Waals surface area contributed by atoms with Crippen LogP contribution in [0.15, 0.2) is 24.3 Å². The summed E-state index contributed by atoms with van der Waals surface area (Å²) in [4.78, 5) is 12.0. The van der Waals surface area contributed by atoms with Crippen molar-refractivity contribution in [3.63, 3.8) is 0 Å². The molecule has 1 fully saturated rings. The van der Waals surface area contributed by atoms with Crippen molar-refractivity contribution >= 4 is 11.6 Å². The maximum Gasteiger partial charge on any atom is 0.422 e. The predicted molar refractivity (Wildman–Crippen MR) is 79.3 cm³/mol. The number of halogens is 3. The molecule has 0 saturated heterocycles. The highest BCUT2D eigenvalue weighted by molar-refractivity contribution is 5.91. The van der Waals surface area contributed by atoms with Crippen LogP contribution in [0.2, 0.25) is 0 Å². The van der Waals surface area contributed by atoms with Gasteiger partial charge in [-0.05, 0) is 37.1 Å². The topological polar surface area (TPSA) is 58.6 Å². The molecule has 1 amide bonds. The summed E-state index contributed by atoms with van der Waals surface area (Å²) in [5, 5.41) is 13.0. The zero-order chi connectivity index (χ0) is 16.9. The number of alkyl halides is 3. The molecule has 7 heteroatoms. The summed E-state index contributed by atoms with van der Waals surface area (Å²) in [5.41, 5.74) is -0.494. The van der Waals surface area contributed by atoms with Crippen molar-refractivity contribution in [1.29, 1.82) is 0 Å². The van der Waals surface area contributed by atoms with Crippen molar-refractivity contribution in [1.82, 2.24) is 0 Å². The SMILES string of the molecule is O=C(CC1(O)CCCCC1)Nc1ccc(OCC(F)(F)F)cc1. The van der Waals surface area contributed by atoms with Crippen LogP contribution in [-0.4, -0.2) is 29.4 Å². The Morgan fingerprint density at radius 3 is 2.35 bits per heavy atom. The van der Waals surface area contributed by atoms with Crippen molar-refractivity contribution in [2.24, 2.45) is 0 Å². The predicted octanol–water partition coefficient (Wildman–Crippen LogP) is 3.65. The normalized spacial score (nSPS) is 17.6. The Bertz CT molecular complexity index is 522. The molecule has 4 nitrogen and oxygen atoms in total. The molecule has 2 N–H and O–H groups in total. The number of carbonyl (C=O) groups excluding carboxylic acids is 1. The molecule has 2 rings (SSSR count). The lowest BCUT2D eigenvalue weighted by atomic mass is 9.82. The number of benzene rings is 1. The van der Waals surface area contributed by atoms with Gasteiger partial charge in [-0.1, -0.05) is 19.3 Å². The Morgan fingerprint density at radius 2 is 1.78 bits per heavy atom. The number of nitrogens with one attached hydrogen (secondary N) is 1. The standard InChI is InChI=1S/C16H20F3NO3/c17-16(18,19)11-23-13-6-4-12(5-7-13)20-14(21)10-15(22)8-2-1-3-9-15/h4-7,22H,1-3,8-11H2,(H,20,21).